The summed E-state index contributed by atoms with van der Waals surface area (Å²) in [4.78, 5) is 32.8. The molecule has 108 valence electrons. The first-order chi connectivity index (χ1) is 9.00. The van der Waals surface area contributed by atoms with E-state index in [2.05, 4.69) is 16.0 Å². The van der Waals surface area contributed by atoms with E-state index in [1.54, 1.807) is 0 Å². The molecule has 1 unspecified atom stereocenters. The SMILES string of the molecule is O=C(NCCNC(=O)C1CC1)NCCC(O)C(=O)O. The number of aliphatic carboxylic acids is 1. The van der Waals surface area contributed by atoms with Crippen molar-refractivity contribution in [2.45, 2.75) is 25.4 Å². The molecule has 0 radical (unpaired) electrons. The molecule has 0 aromatic carbocycles. The first-order valence-electron chi connectivity index (χ1n) is 6.21. The Hall–Kier alpha value is -1.83. The van der Waals surface area contributed by atoms with Crippen LogP contribution in [0.5, 0.6) is 0 Å². The molecule has 0 heterocycles. The van der Waals surface area contributed by atoms with Crippen molar-refractivity contribution in [1.82, 2.24) is 16.0 Å². The number of hydrogen-bond donors (Lipinski definition) is 5. The van der Waals surface area contributed by atoms with Gasteiger partial charge in [0.1, 0.15) is 0 Å². The van der Waals surface area contributed by atoms with Crippen LogP contribution in [-0.4, -0.2) is 53.9 Å². The summed E-state index contributed by atoms with van der Waals surface area (Å²) in [6.45, 7) is 0.722. The van der Waals surface area contributed by atoms with E-state index >= 15 is 0 Å². The van der Waals surface area contributed by atoms with Crippen LogP contribution < -0.4 is 16.0 Å². The summed E-state index contributed by atoms with van der Waals surface area (Å²) in [6.07, 6.45) is 0.344. The van der Waals surface area contributed by atoms with Gasteiger partial charge in [0.15, 0.2) is 6.10 Å². The van der Waals surface area contributed by atoms with Gasteiger partial charge in [-0.05, 0) is 12.8 Å². The molecule has 1 saturated carbocycles. The molecular formula is C11H19N3O5. The van der Waals surface area contributed by atoms with Crippen molar-refractivity contribution in [1.29, 1.82) is 0 Å². The van der Waals surface area contributed by atoms with Crippen LogP contribution in [0.2, 0.25) is 0 Å². The number of amides is 3. The number of nitrogens with one attached hydrogen (secondary N) is 3. The Morgan fingerprint density at radius 2 is 1.63 bits per heavy atom. The molecule has 1 rings (SSSR count). The third-order valence-electron chi connectivity index (χ3n) is 2.65. The number of hydrogen-bond acceptors (Lipinski definition) is 4. The van der Waals surface area contributed by atoms with Gasteiger partial charge < -0.3 is 26.2 Å². The Balaban J connectivity index is 1.95. The Bertz CT molecular complexity index is 343. The van der Waals surface area contributed by atoms with Crippen molar-refractivity contribution in [3.63, 3.8) is 0 Å². The third kappa shape index (κ3) is 6.61. The van der Waals surface area contributed by atoms with E-state index in [9.17, 15) is 14.4 Å². The van der Waals surface area contributed by atoms with E-state index in [1.807, 2.05) is 0 Å². The number of aliphatic hydroxyl groups excluding tert-OH is 1. The van der Waals surface area contributed by atoms with Crippen LogP contribution in [0.4, 0.5) is 4.79 Å². The lowest BCUT2D eigenvalue weighted by molar-refractivity contribution is -0.146. The summed E-state index contributed by atoms with van der Waals surface area (Å²) in [5, 5.41) is 25.0. The lowest BCUT2D eigenvalue weighted by atomic mass is 10.2. The van der Waals surface area contributed by atoms with Crippen molar-refractivity contribution in [3.05, 3.63) is 0 Å². The van der Waals surface area contributed by atoms with Crippen molar-refractivity contribution >= 4 is 17.9 Å². The second-order valence-corrected chi connectivity index (χ2v) is 4.39. The summed E-state index contributed by atoms with van der Waals surface area (Å²) in [5.74, 6) is -1.15. The molecule has 1 aliphatic rings. The van der Waals surface area contributed by atoms with E-state index in [4.69, 9.17) is 10.2 Å². The average molecular weight is 273 g/mol. The van der Waals surface area contributed by atoms with Gasteiger partial charge in [0.25, 0.3) is 0 Å². The molecule has 1 fully saturated rings. The molecule has 1 atom stereocenters. The van der Waals surface area contributed by atoms with E-state index < -0.39 is 18.1 Å². The van der Waals surface area contributed by atoms with Gasteiger partial charge in [0.2, 0.25) is 5.91 Å². The van der Waals surface area contributed by atoms with E-state index in [0.29, 0.717) is 13.1 Å². The van der Waals surface area contributed by atoms with Gasteiger partial charge in [-0.1, -0.05) is 0 Å². The molecule has 19 heavy (non-hydrogen) atoms. The zero-order valence-corrected chi connectivity index (χ0v) is 10.5. The van der Waals surface area contributed by atoms with Crippen LogP contribution in [0, 0.1) is 5.92 Å². The van der Waals surface area contributed by atoms with Crippen molar-refractivity contribution in [2.75, 3.05) is 19.6 Å². The highest BCUT2D eigenvalue weighted by Crippen LogP contribution is 2.28. The maximum Gasteiger partial charge on any atom is 0.332 e. The Morgan fingerprint density at radius 3 is 2.21 bits per heavy atom. The molecule has 1 aliphatic carbocycles. The standard InChI is InChI=1S/C11H19N3O5/c15-8(10(17)18)3-4-13-11(19)14-6-5-12-9(16)7-1-2-7/h7-8,15H,1-6H2,(H,12,16)(H,17,18)(H2,13,14,19). The van der Waals surface area contributed by atoms with Gasteiger partial charge in [-0.25, -0.2) is 9.59 Å². The molecule has 3 amide bonds. The second kappa shape index (κ2) is 7.57. The van der Waals surface area contributed by atoms with Gasteiger partial charge in [0, 0.05) is 32.0 Å². The summed E-state index contributed by atoms with van der Waals surface area (Å²) in [5.41, 5.74) is 0. The smallest absolute Gasteiger partial charge is 0.332 e. The fourth-order valence-corrected chi connectivity index (χ4v) is 1.36. The minimum Gasteiger partial charge on any atom is -0.479 e. The van der Waals surface area contributed by atoms with Gasteiger partial charge in [-0.3, -0.25) is 4.79 Å². The highest BCUT2D eigenvalue weighted by Gasteiger charge is 2.28. The number of carbonyl (C=O) groups is 3. The zero-order chi connectivity index (χ0) is 14.3. The Labute approximate surface area is 110 Å². The quantitative estimate of drug-likeness (QED) is 0.349. The maximum atomic E-state index is 11.2. The van der Waals surface area contributed by atoms with Gasteiger partial charge in [-0.15, -0.1) is 0 Å². The van der Waals surface area contributed by atoms with Crippen molar-refractivity contribution in [3.8, 4) is 0 Å². The van der Waals surface area contributed by atoms with Crippen molar-refractivity contribution in [2.24, 2.45) is 5.92 Å². The highest BCUT2D eigenvalue weighted by molar-refractivity contribution is 5.80. The number of urea groups is 1. The molecule has 8 nitrogen and oxygen atoms in total. The molecule has 0 spiro atoms. The predicted molar refractivity (Wildman–Crippen MR) is 65.4 cm³/mol. The van der Waals surface area contributed by atoms with Crippen LogP contribution in [0.1, 0.15) is 19.3 Å². The van der Waals surface area contributed by atoms with Crippen molar-refractivity contribution < 1.29 is 24.6 Å². The summed E-state index contributed by atoms with van der Waals surface area (Å²) in [7, 11) is 0. The van der Waals surface area contributed by atoms with Crippen LogP contribution in [0.3, 0.4) is 0 Å². The number of carbonyl (C=O) groups excluding carboxylic acids is 2. The molecule has 0 aromatic rings. The second-order valence-electron chi connectivity index (χ2n) is 4.39. The minimum absolute atomic E-state index is 0.0202. The monoisotopic (exact) mass is 273 g/mol. The molecule has 0 aromatic heterocycles. The maximum absolute atomic E-state index is 11.2. The van der Waals surface area contributed by atoms with Crippen LogP contribution in [0.25, 0.3) is 0 Å². The topological polar surface area (TPSA) is 128 Å². The Kier molecular flexibility index (Phi) is 6.07. The van der Waals surface area contributed by atoms with Gasteiger partial charge in [0.05, 0.1) is 0 Å². The highest BCUT2D eigenvalue weighted by atomic mass is 16.4. The number of aliphatic hydroxyl groups is 1. The fraction of sp³-hybridized carbons (Fsp3) is 0.727. The minimum atomic E-state index is -1.47. The largest absolute Gasteiger partial charge is 0.479 e. The molecule has 8 heteroatoms. The number of rotatable bonds is 8. The first kappa shape index (κ1) is 15.2. The number of carboxylic acid groups (broad SMARTS) is 1. The predicted octanol–water partition coefficient (Wildman–Crippen LogP) is -1.35. The number of carboxylic acids is 1. The van der Waals surface area contributed by atoms with E-state index in [1.165, 1.54) is 0 Å². The lowest BCUT2D eigenvalue weighted by Crippen LogP contribution is -2.41. The van der Waals surface area contributed by atoms with Crippen LogP contribution >= 0.6 is 0 Å². The summed E-state index contributed by atoms with van der Waals surface area (Å²) < 4.78 is 0. The molecule has 5 N–H and O–H groups in total. The first-order valence-corrected chi connectivity index (χ1v) is 6.21. The zero-order valence-electron chi connectivity index (χ0n) is 10.5. The normalized spacial score (nSPS) is 15.4. The fourth-order valence-electron chi connectivity index (χ4n) is 1.36. The van der Waals surface area contributed by atoms with E-state index in [0.717, 1.165) is 12.8 Å². The summed E-state index contributed by atoms with van der Waals surface area (Å²) in [6, 6.07) is -0.460. The average Bonchev–Trinajstić information content (AvgIpc) is 3.18. The third-order valence-corrected chi connectivity index (χ3v) is 2.65. The Morgan fingerprint density at radius 1 is 1.05 bits per heavy atom. The summed E-state index contributed by atoms with van der Waals surface area (Å²) >= 11 is 0. The molecular weight excluding hydrogens is 254 g/mol. The molecule has 0 aliphatic heterocycles. The van der Waals surface area contributed by atoms with Crippen LogP contribution in [-0.2, 0) is 9.59 Å². The molecule has 0 bridgehead atoms. The lowest BCUT2D eigenvalue weighted by Gasteiger charge is -2.09. The molecule has 0 saturated heterocycles. The van der Waals surface area contributed by atoms with Gasteiger partial charge in [-0.2, -0.15) is 0 Å². The van der Waals surface area contributed by atoms with Gasteiger partial charge >= 0.3 is 12.0 Å². The van der Waals surface area contributed by atoms with Crippen LogP contribution in [0.15, 0.2) is 0 Å². The van der Waals surface area contributed by atoms with E-state index in [-0.39, 0.29) is 24.8 Å².